The van der Waals surface area contributed by atoms with E-state index < -0.39 is 11.2 Å². The van der Waals surface area contributed by atoms with Gasteiger partial charge >= 0.3 is 5.69 Å². The molecule has 6 nitrogen and oxygen atoms in total. The van der Waals surface area contributed by atoms with E-state index in [0.29, 0.717) is 5.56 Å². The van der Waals surface area contributed by atoms with Crippen molar-refractivity contribution >= 4 is 17.7 Å². The van der Waals surface area contributed by atoms with E-state index in [-0.39, 0.29) is 12.5 Å². The summed E-state index contributed by atoms with van der Waals surface area (Å²) in [6.07, 6.45) is 2.42. The van der Waals surface area contributed by atoms with E-state index in [1.807, 2.05) is 11.8 Å². The Labute approximate surface area is 114 Å². The molecule has 104 valence electrons. The Hall–Kier alpha value is -1.50. The number of hydrogen-bond donors (Lipinski definition) is 1. The zero-order valence-corrected chi connectivity index (χ0v) is 11.7. The molecule has 0 atom stereocenters. The molecule has 2 rings (SSSR count). The van der Waals surface area contributed by atoms with Crippen LogP contribution in [0.3, 0.4) is 0 Å². The molecule has 0 unspecified atom stereocenters. The number of rotatable bonds is 2. The molecule has 7 heteroatoms. The van der Waals surface area contributed by atoms with Crippen LogP contribution in [0.4, 0.5) is 0 Å². The van der Waals surface area contributed by atoms with Gasteiger partial charge in [0, 0.05) is 30.6 Å². The number of H-pyrrole nitrogens is 1. The summed E-state index contributed by atoms with van der Waals surface area (Å²) in [4.78, 5) is 39.0. The Morgan fingerprint density at radius 1 is 1.37 bits per heavy atom. The summed E-state index contributed by atoms with van der Waals surface area (Å²) in [7, 11) is 0. The third-order valence-corrected chi connectivity index (χ3v) is 4.12. The normalized spacial score (nSPS) is 16.2. The van der Waals surface area contributed by atoms with Crippen molar-refractivity contribution in [3.05, 3.63) is 32.6 Å². The van der Waals surface area contributed by atoms with Gasteiger partial charge in [-0.05, 0) is 19.1 Å². The fraction of sp³-hybridized carbons (Fsp3) is 0.583. The molecule has 0 saturated carbocycles. The lowest BCUT2D eigenvalue weighted by atomic mass is 10.3. The first-order valence-electron chi connectivity index (χ1n) is 6.24. The average molecular weight is 283 g/mol. The van der Waals surface area contributed by atoms with Crippen LogP contribution in [0, 0.1) is 6.92 Å². The number of carbonyl (C=O) groups is 1. The minimum absolute atomic E-state index is 0.0128. The molecule has 1 aliphatic rings. The molecule has 1 aromatic heterocycles. The summed E-state index contributed by atoms with van der Waals surface area (Å²) in [5.41, 5.74) is -0.508. The smallest absolute Gasteiger partial charge is 0.328 e. The quantitative estimate of drug-likeness (QED) is 0.816. The van der Waals surface area contributed by atoms with Crippen LogP contribution in [0.2, 0.25) is 0 Å². The van der Waals surface area contributed by atoms with Gasteiger partial charge in [-0.25, -0.2) is 4.79 Å². The number of aromatic nitrogens is 2. The lowest BCUT2D eigenvalue weighted by Gasteiger charge is -2.20. The Bertz CT molecular complexity index is 570. The summed E-state index contributed by atoms with van der Waals surface area (Å²) < 4.78 is 1.26. The topological polar surface area (TPSA) is 75.2 Å². The van der Waals surface area contributed by atoms with E-state index in [4.69, 9.17) is 0 Å². The van der Waals surface area contributed by atoms with Crippen molar-refractivity contribution in [2.45, 2.75) is 19.9 Å². The molecular weight excluding hydrogens is 266 g/mol. The van der Waals surface area contributed by atoms with Gasteiger partial charge in [0.1, 0.15) is 6.54 Å². The number of aryl methyl sites for hydroxylation is 1. The Morgan fingerprint density at radius 3 is 2.95 bits per heavy atom. The van der Waals surface area contributed by atoms with Crippen molar-refractivity contribution in [1.29, 1.82) is 0 Å². The minimum Gasteiger partial charge on any atom is -0.340 e. The zero-order chi connectivity index (χ0) is 13.8. The van der Waals surface area contributed by atoms with Crippen molar-refractivity contribution in [3.63, 3.8) is 0 Å². The average Bonchev–Trinajstić information content (AvgIpc) is 2.64. The van der Waals surface area contributed by atoms with Gasteiger partial charge in [-0.3, -0.25) is 19.1 Å². The fourth-order valence-corrected chi connectivity index (χ4v) is 2.86. The molecule has 1 saturated heterocycles. The maximum Gasteiger partial charge on any atom is 0.328 e. The number of thioether (sulfide) groups is 1. The van der Waals surface area contributed by atoms with Crippen LogP contribution in [0.25, 0.3) is 0 Å². The summed E-state index contributed by atoms with van der Waals surface area (Å²) in [6.45, 7) is 3.06. The number of nitrogens with one attached hydrogen (secondary N) is 1. The fourth-order valence-electron chi connectivity index (χ4n) is 1.98. The predicted molar refractivity (Wildman–Crippen MR) is 74.6 cm³/mol. The second-order valence-electron chi connectivity index (χ2n) is 4.55. The van der Waals surface area contributed by atoms with Crippen LogP contribution in [-0.2, 0) is 11.3 Å². The van der Waals surface area contributed by atoms with Gasteiger partial charge < -0.3 is 4.90 Å². The summed E-state index contributed by atoms with van der Waals surface area (Å²) in [6, 6.07) is 0. The standard InChI is InChI=1S/C12H17N3O3S/c1-9-7-15(12(18)13-11(9)17)8-10(16)14-3-2-5-19-6-4-14/h7H,2-6,8H2,1H3,(H,13,17,18). The van der Waals surface area contributed by atoms with Gasteiger partial charge in [0.25, 0.3) is 5.56 Å². The number of carbonyl (C=O) groups excluding carboxylic acids is 1. The van der Waals surface area contributed by atoms with Gasteiger partial charge in [0.2, 0.25) is 5.91 Å². The van der Waals surface area contributed by atoms with Gasteiger partial charge in [-0.2, -0.15) is 11.8 Å². The monoisotopic (exact) mass is 283 g/mol. The number of nitrogens with zero attached hydrogens (tertiary/aromatic N) is 2. The highest BCUT2D eigenvalue weighted by molar-refractivity contribution is 7.99. The summed E-state index contributed by atoms with van der Waals surface area (Å²) >= 11 is 1.84. The number of amides is 1. The Kier molecular flexibility index (Phi) is 4.47. The van der Waals surface area contributed by atoms with Crippen LogP contribution < -0.4 is 11.2 Å². The molecule has 1 amide bonds. The molecule has 1 N–H and O–H groups in total. The van der Waals surface area contributed by atoms with E-state index in [9.17, 15) is 14.4 Å². The third-order valence-electron chi connectivity index (χ3n) is 3.07. The first-order valence-corrected chi connectivity index (χ1v) is 7.39. The molecule has 0 spiro atoms. The van der Waals surface area contributed by atoms with Crippen molar-refractivity contribution in [2.24, 2.45) is 0 Å². The number of aromatic amines is 1. The Morgan fingerprint density at radius 2 is 2.16 bits per heavy atom. The first-order chi connectivity index (χ1) is 9.08. The highest BCUT2D eigenvalue weighted by atomic mass is 32.2. The highest BCUT2D eigenvalue weighted by Gasteiger charge is 2.16. The lowest BCUT2D eigenvalue weighted by molar-refractivity contribution is -0.131. The SMILES string of the molecule is Cc1cn(CC(=O)N2CCCSCC2)c(=O)[nH]c1=O. The van der Waals surface area contributed by atoms with Crippen LogP contribution in [0.1, 0.15) is 12.0 Å². The molecule has 0 radical (unpaired) electrons. The van der Waals surface area contributed by atoms with Gasteiger partial charge in [-0.15, -0.1) is 0 Å². The van der Waals surface area contributed by atoms with Crippen molar-refractivity contribution < 1.29 is 4.79 Å². The zero-order valence-electron chi connectivity index (χ0n) is 10.8. The van der Waals surface area contributed by atoms with Crippen molar-refractivity contribution in [3.8, 4) is 0 Å². The van der Waals surface area contributed by atoms with E-state index >= 15 is 0 Å². The molecule has 1 fully saturated rings. The summed E-state index contributed by atoms with van der Waals surface area (Å²) in [5, 5.41) is 0. The third kappa shape index (κ3) is 3.50. The van der Waals surface area contributed by atoms with Crippen LogP contribution in [0.5, 0.6) is 0 Å². The van der Waals surface area contributed by atoms with Crippen LogP contribution in [0.15, 0.2) is 15.8 Å². The highest BCUT2D eigenvalue weighted by Crippen LogP contribution is 2.10. The largest absolute Gasteiger partial charge is 0.340 e. The minimum atomic E-state index is -0.534. The molecular formula is C12H17N3O3S. The van der Waals surface area contributed by atoms with Gasteiger partial charge in [0.05, 0.1) is 0 Å². The van der Waals surface area contributed by atoms with Gasteiger partial charge in [0.15, 0.2) is 0 Å². The summed E-state index contributed by atoms with van der Waals surface area (Å²) in [5.74, 6) is 1.93. The lowest BCUT2D eigenvalue weighted by Crippen LogP contribution is -2.39. The molecule has 0 aliphatic carbocycles. The molecule has 0 bridgehead atoms. The Balaban J connectivity index is 2.12. The van der Waals surface area contributed by atoms with E-state index in [1.165, 1.54) is 10.8 Å². The second kappa shape index (κ2) is 6.10. The maximum absolute atomic E-state index is 12.1. The molecule has 0 aromatic carbocycles. The van der Waals surface area contributed by atoms with Crippen molar-refractivity contribution in [2.75, 3.05) is 24.6 Å². The van der Waals surface area contributed by atoms with E-state index in [0.717, 1.165) is 31.0 Å². The maximum atomic E-state index is 12.1. The number of hydrogen-bond acceptors (Lipinski definition) is 4. The van der Waals surface area contributed by atoms with Crippen LogP contribution >= 0.6 is 11.8 Å². The second-order valence-corrected chi connectivity index (χ2v) is 5.77. The molecule has 19 heavy (non-hydrogen) atoms. The van der Waals surface area contributed by atoms with Crippen molar-refractivity contribution in [1.82, 2.24) is 14.5 Å². The molecule has 1 aromatic rings. The molecule has 1 aliphatic heterocycles. The molecule has 2 heterocycles. The first kappa shape index (κ1) is 13.9. The van der Waals surface area contributed by atoms with Gasteiger partial charge in [-0.1, -0.05) is 0 Å². The predicted octanol–water partition coefficient (Wildman–Crippen LogP) is -0.189. The van der Waals surface area contributed by atoms with E-state index in [2.05, 4.69) is 4.98 Å². The van der Waals surface area contributed by atoms with E-state index in [1.54, 1.807) is 11.8 Å². The van der Waals surface area contributed by atoms with Crippen LogP contribution in [-0.4, -0.2) is 45.0 Å².